The lowest BCUT2D eigenvalue weighted by molar-refractivity contribution is -0.119. The highest BCUT2D eigenvalue weighted by Gasteiger charge is 2.16. The molecule has 10 nitrogen and oxygen atoms in total. The fourth-order valence-corrected chi connectivity index (χ4v) is 3.10. The van der Waals surface area contributed by atoms with Crippen LogP contribution in [0.3, 0.4) is 0 Å². The van der Waals surface area contributed by atoms with Gasteiger partial charge in [-0.3, -0.25) is 4.79 Å². The van der Waals surface area contributed by atoms with Crippen molar-refractivity contribution in [1.29, 1.82) is 0 Å². The summed E-state index contributed by atoms with van der Waals surface area (Å²) < 4.78 is 41.4. The minimum absolute atomic E-state index is 0.000240. The molecule has 1 aromatic carbocycles. The molecule has 0 radical (unpaired) electrons. The summed E-state index contributed by atoms with van der Waals surface area (Å²) in [7, 11) is -3.78. The quantitative estimate of drug-likeness (QED) is 0.538. The van der Waals surface area contributed by atoms with Crippen molar-refractivity contribution in [3.8, 4) is 0 Å². The number of esters is 1. The second-order valence-electron chi connectivity index (χ2n) is 5.44. The molecule has 1 amide bonds. The molecule has 0 saturated heterocycles. The highest BCUT2D eigenvalue weighted by atomic mass is 32.2. The zero-order valence-electron chi connectivity index (χ0n) is 14.3. The van der Waals surface area contributed by atoms with Gasteiger partial charge in [0.1, 0.15) is 12.0 Å². The molecule has 0 aliphatic carbocycles. The van der Waals surface area contributed by atoms with Crippen molar-refractivity contribution in [2.75, 3.05) is 11.9 Å². The summed E-state index contributed by atoms with van der Waals surface area (Å²) in [6.07, 6.45) is 2.72. The molecule has 146 valence electrons. The highest BCUT2D eigenvalue weighted by molar-refractivity contribution is 7.89. The average molecular weight is 405 g/mol. The number of sulfonamides is 1. The Kier molecular flexibility index (Phi) is 5.87. The van der Waals surface area contributed by atoms with Gasteiger partial charge < -0.3 is 19.0 Å². The van der Waals surface area contributed by atoms with E-state index in [1.54, 1.807) is 12.1 Å². The molecule has 3 rings (SSSR count). The Bertz CT molecular complexity index is 1030. The van der Waals surface area contributed by atoms with Gasteiger partial charge in [0.05, 0.1) is 23.3 Å². The number of rotatable bonds is 8. The molecule has 0 aliphatic heterocycles. The third-order valence-electron chi connectivity index (χ3n) is 3.46. The maximum atomic E-state index is 12.2. The molecule has 28 heavy (non-hydrogen) atoms. The molecule has 2 N–H and O–H groups in total. The number of nitrogens with one attached hydrogen (secondary N) is 2. The highest BCUT2D eigenvalue weighted by Crippen LogP contribution is 2.12. The fraction of sp³-hybridized carbons (Fsp3) is 0.118. The van der Waals surface area contributed by atoms with Crippen LogP contribution in [0.4, 0.5) is 5.82 Å². The molecule has 3 aromatic rings. The van der Waals surface area contributed by atoms with E-state index in [0.717, 1.165) is 0 Å². The Morgan fingerprint density at radius 1 is 1.07 bits per heavy atom. The van der Waals surface area contributed by atoms with Crippen molar-refractivity contribution in [3.05, 3.63) is 66.3 Å². The zero-order chi connectivity index (χ0) is 20.0. The van der Waals surface area contributed by atoms with Gasteiger partial charge in [-0.15, -0.1) is 0 Å². The van der Waals surface area contributed by atoms with Crippen molar-refractivity contribution < 1.29 is 31.7 Å². The Labute approximate surface area is 159 Å². The molecular formula is C17H15N3O7S. The lowest BCUT2D eigenvalue weighted by Gasteiger charge is -2.07. The number of hydrogen-bond donors (Lipinski definition) is 2. The predicted octanol–water partition coefficient (Wildman–Crippen LogP) is 1.54. The van der Waals surface area contributed by atoms with Gasteiger partial charge in [-0.25, -0.2) is 17.9 Å². The monoisotopic (exact) mass is 405 g/mol. The molecule has 0 bridgehead atoms. The van der Waals surface area contributed by atoms with Crippen molar-refractivity contribution in [2.45, 2.75) is 11.4 Å². The SMILES string of the molecule is O=C(COC(=O)c1ccc(S(=O)(=O)NCc2ccco2)cc1)Nc1ccon1. The van der Waals surface area contributed by atoms with Gasteiger partial charge in [0.25, 0.3) is 5.91 Å². The standard InChI is InChI=1S/C17H15N3O7S/c21-16(19-15-7-9-27-20-15)11-26-17(22)12-3-5-14(6-4-12)28(23,24)18-10-13-2-1-8-25-13/h1-9,18H,10-11H2,(H,19,20,21). The summed E-state index contributed by atoms with van der Waals surface area (Å²) in [6.45, 7) is -0.532. The summed E-state index contributed by atoms with van der Waals surface area (Å²) in [5.41, 5.74) is 0.0965. The van der Waals surface area contributed by atoms with Gasteiger partial charge in [-0.1, -0.05) is 5.16 Å². The smallest absolute Gasteiger partial charge is 0.338 e. The Hall–Kier alpha value is -3.44. The van der Waals surface area contributed by atoms with E-state index in [9.17, 15) is 18.0 Å². The van der Waals surface area contributed by atoms with Gasteiger partial charge >= 0.3 is 5.97 Å². The first kappa shape index (κ1) is 19.3. The van der Waals surface area contributed by atoms with Gasteiger partial charge in [0, 0.05) is 6.07 Å². The Morgan fingerprint density at radius 2 is 1.86 bits per heavy atom. The van der Waals surface area contributed by atoms with E-state index in [4.69, 9.17) is 9.15 Å². The Morgan fingerprint density at radius 3 is 2.50 bits per heavy atom. The van der Waals surface area contributed by atoms with Crippen molar-refractivity contribution in [2.24, 2.45) is 0 Å². The van der Waals surface area contributed by atoms with E-state index in [1.807, 2.05) is 0 Å². The van der Waals surface area contributed by atoms with Crippen LogP contribution in [0.25, 0.3) is 0 Å². The maximum absolute atomic E-state index is 12.2. The van der Waals surface area contributed by atoms with E-state index >= 15 is 0 Å². The van der Waals surface area contributed by atoms with Crippen LogP contribution in [-0.4, -0.2) is 32.1 Å². The molecule has 2 heterocycles. The third-order valence-corrected chi connectivity index (χ3v) is 4.87. The summed E-state index contributed by atoms with van der Waals surface area (Å²) in [6, 6.07) is 9.82. The molecule has 0 aliphatic rings. The average Bonchev–Trinajstić information content (AvgIpc) is 3.39. The van der Waals surface area contributed by atoms with E-state index in [0.29, 0.717) is 5.76 Å². The van der Waals surface area contributed by atoms with E-state index in [1.165, 1.54) is 42.9 Å². The third kappa shape index (κ3) is 5.05. The second-order valence-corrected chi connectivity index (χ2v) is 7.20. The van der Waals surface area contributed by atoms with Crippen LogP contribution >= 0.6 is 0 Å². The first-order valence-corrected chi connectivity index (χ1v) is 9.42. The lowest BCUT2D eigenvalue weighted by Crippen LogP contribution is -2.23. The van der Waals surface area contributed by atoms with Crippen LogP contribution in [-0.2, 0) is 26.1 Å². The van der Waals surface area contributed by atoms with E-state index in [2.05, 4.69) is 19.7 Å². The number of carbonyl (C=O) groups excluding carboxylic acids is 2. The number of anilines is 1. The number of carbonyl (C=O) groups is 2. The van der Waals surface area contributed by atoms with Crippen LogP contribution in [0.5, 0.6) is 0 Å². The van der Waals surface area contributed by atoms with Gasteiger partial charge in [0.2, 0.25) is 10.0 Å². The second kappa shape index (κ2) is 8.50. The number of amides is 1. The lowest BCUT2D eigenvalue weighted by atomic mass is 10.2. The van der Waals surface area contributed by atoms with Crippen LogP contribution in [0.15, 0.2) is 68.8 Å². The number of ether oxygens (including phenoxy) is 1. The molecule has 0 unspecified atom stereocenters. The number of benzene rings is 1. The van der Waals surface area contributed by atoms with Crippen LogP contribution < -0.4 is 10.0 Å². The molecule has 0 atom stereocenters. The largest absolute Gasteiger partial charge is 0.468 e. The molecule has 11 heteroatoms. The topological polar surface area (TPSA) is 141 Å². The Balaban J connectivity index is 1.54. The molecule has 0 fully saturated rings. The number of furan rings is 1. The number of hydrogen-bond acceptors (Lipinski definition) is 8. The maximum Gasteiger partial charge on any atom is 0.338 e. The first-order valence-electron chi connectivity index (χ1n) is 7.93. The predicted molar refractivity (Wildman–Crippen MR) is 94.6 cm³/mol. The van der Waals surface area contributed by atoms with Crippen molar-refractivity contribution in [3.63, 3.8) is 0 Å². The van der Waals surface area contributed by atoms with Crippen LogP contribution in [0.2, 0.25) is 0 Å². The fourth-order valence-electron chi connectivity index (χ4n) is 2.10. The van der Waals surface area contributed by atoms with Gasteiger partial charge in [-0.2, -0.15) is 0 Å². The number of aromatic nitrogens is 1. The summed E-state index contributed by atoms with van der Waals surface area (Å²) in [5.74, 6) is -0.711. The van der Waals surface area contributed by atoms with E-state index < -0.39 is 28.5 Å². The zero-order valence-corrected chi connectivity index (χ0v) is 15.1. The molecular weight excluding hydrogens is 390 g/mol. The van der Waals surface area contributed by atoms with E-state index in [-0.39, 0.29) is 22.8 Å². The molecule has 2 aromatic heterocycles. The minimum atomic E-state index is -3.78. The van der Waals surface area contributed by atoms with Crippen molar-refractivity contribution in [1.82, 2.24) is 9.88 Å². The summed E-state index contributed by atoms with van der Waals surface area (Å²) in [4.78, 5) is 23.6. The minimum Gasteiger partial charge on any atom is -0.468 e. The van der Waals surface area contributed by atoms with Crippen LogP contribution in [0, 0.1) is 0 Å². The molecule has 0 saturated carbocycles. The molecule has 0 spiro atoms. The number of nitrogens with zero attached hydrogens (tertiary/aromatic N) is 1. The van der Waals surface area contributed by atoms with Gasteiger partial charge in [0.15, 0.2) is 12.4 Å². The van der Waals surface area contributed by atoms with Gasteiger partial charge in [-0.05, 0) is 36.4 Å². The van der Waals surface area contributed by atoms with Crippen LogP contribution in [0.1, 0.15) is 16.1 Å². The summed E-state index contributed by atoms with van der Waals surface area (Å²) in [5, 5.41) is 5.86. The summed E-state index contributed by atoms with van der Waals surface area (Å²) >= 11 is 0. The first-order chi connectivity index (χ1) is 13.4. The van der Waals surface area contributed by atoms with Crippen molar-refractivity contribution >= 4 is 27.7 Å². The normalized spacial score (nSPS) is 11.1.